The van der Waals surface area contributed by atoms with Gasteiger partial charge in [-0.2, -0.15) is 0 Å². The van der Waals surface area contributed by atoms with Crippen molar-refractivity contribution in [2.24, 2.45) is 5.92 Å². The van der Waals surface area contributed by atoms with Crippen LogP contribution in [-0.4, -0.2) is 18.7 Å². The number of benzene rings is 1. The minimum absolute atomic E-state index is 0.0889. The van der Waals surface area contributed by atoms with Crippen LogP contribution in [-0.2, 0) is 4.74 Å². The summed E-state index contributed by atoms with van der Waals surface area (Å²) in [5.41, 5.74) is 1.20. The van der Waals surface area contributed by atoms with Gasteiger partial charge >= 0.3 is 0 Å². The van der Waals surface area contributed by atoms with E-state index in [0.29, 0.717) is 16.0 Å². The number of nitrogens with one attached hydrogen (secondary N) is 1. The molecule has 2 nitrogen and oxygen atoms in total. The van der Waals surface area contributed by atoms with E-state index in [1.54, 1.807) is 6.07 Å². The van der Waals surface area contributed by atoms with Crippen LogP contribution in [0.5, 0.6) is 0 Å². The van der Waals surface area contributed by atoms with Crippen molar-refractivity contribution in [3.63, 3.8) is 0 Å². The van der Waals surface area contributed by atoms with Gasteiger partial charge < -0.3 is 10.1 Å². The first-order chi connectivity index (χ1) is 8.85. The van der Waals surface area contributed by atoms with Crippen molar-refractivity contribution in [3.05, 3.63) is 33.8 Å². The van der Waals surface area contributed by atoms with Crippen molar-refractivity contribution in [2.45, 2.75) is 38.8 Å². The van der Waals surface area contributed by atoms with Gasteiger partial charge in [0, 0.05) is 34.7 Å². The Morgan fingerprint density at radius 1 is 1.21 bits per heavy atom. The van der Waals surface area contributed by atoms with Crippen molar-refractivity contribution in [3.8, 4) is 0 Å². The zero-order valence-electron chi connectivity index (χ0n) is 11.7. The molecule has 0 spiro atoms. The maximum atomic E-state index is 6.07. The van der Waals surface area contributed by atoms with E-state index in [2.05, 4.69) is 26.1 Å². The summed E-state index contributed by atoms with van der Waals surface area (Å²) >= 11 is 12.1. The Bertz CT molecular complexity index is 422. The summed E-state index contributed by atoms with van der Waals surface area (Å²) < 4.78 is 5.87. The van der Waals surface area contributed by atoms with Crippen molar-refractivity contribution >= 4 is 23.2 Å². The van der Waals surface area contributed by atoms with E-state index in [-0.39, 0.29) is 11.6 Å². The molecule has 1 aliphatic rings. The van der Waals surface area contributed by atoms with Crippen molar-refractivity contribution in [2.75, 3.05) is 13.2 Å². The Balaban J connectivity index is 2.09. The molecule has 1 heterocycles. The Labute approximate surface area is 125 Å². The summed E-state index contributed by atoms with van der Waals surface area (Å²) in [4.78, 5) is 0. The molecule has 19 heavy (non-hydrogen) atoms. The van der Waals surface area contributed by atoms with Gasteiger partial charge in [0.2, 0.25) is 0 Å². The van der Waals surface area contributed by atoms with E-state index in [1.165, 1.54) is 0 Å². The molecule has 0 amide bonds. The fourth-order valence-corrected chi connectivity index (χ4v) is 2.93. The summed E-state index contributed by atoms with van der Waals surface area (Å²) in [7, 11) is 0. The smallest absolute Gasteiger partial charge is 0.0867 e. The average Bonchev–Trinajstić information content (AvgIpc) is 2.72. The molecule has 0 aliphatic carbocycles. The maximum absolute atomic E-state index is 6.07. The van der Waals surface area contributed by atoms with Crippen LogP contribution in [0.2, 0.25) is 10.0 Å². The standard InChI is InChI=1S/C15H21Cl2NO/c1-15(2,3)18-9-10-4-5-19-14(10)11-6-12(16)8-13(17)7-11/h6-8,10,14,18H,4-5,9H2,1-3H3. The second kappa shape index (κ2) is 6.01. The van der Waals surface area contributed by atoms with E-state index >= 15 is 0 Å². The SMILES string of the molecule is CC(C)(C)NCC1CCOC1c1cc(Cl)cc(Cl)c1. The molecule has 1 aliphatic heterocycles. The molecule has 0 saturated carbocycles. The largest absolute Gasteiger partial charge is 0.373 e. The predicted octanol–water partition coefficient (Wildman–Crippen LogP) is 4.46. The van der Waals surface area contributed by atoms with Gasteiger partial charge in [0.15, 0.2) is 0 Å². The number of ether oxygens (including phenoxy) is 1. The zero-order valence-corrected chi connectivity index (χ0v) is 13.2. The van der Waals surface area contributed by atoms with Crippen LogP contribution in [0.1, 0.15) is 38.9 Å². The predicted molar refractivity (Wildman–Crippen MR) is 81.0 cm³/mol. The van der Waals surface area contributed by atoms with Crippen LogP contribution in [0.25, 0.3) is 0 Å². The Kier molecular flexibility index (Phi) is 4.78. The molecule has 1 fully saturated rings. The highest BCUT2D eigenvalue weighted by atomic mass is 35.5. The van der Waals surface area contributed by atoms with Gasteiger partial charge in [0.1, 0.15) is 0 Å². The van der Waals surface area contributed by atoms with E-state index in [4.69, 9.17) is 27.9 Å². The molecular weight excluding hydrogens is 281 g/mol. The van der Waals surface area contributed by atoms with Gasteiger partial charge in [-0.05, 0) is 51.0 Å². The molecule has 1 aromatic rings. The zero-order chi connectivity index (χ0) is 14.0. The third-order valence-electron chi connectivity index (χ3n) is 3.32. The Morgan fingerprint density at radius 2 is 1.84 bits per heavy atom. The number of hydrogen-bond donors (Lipinski definition) is 1. The molecule has 2 unspecified atom stereocenters. The molecular formula is C15H21Cl2NO. The van der Waals surface area contributed by atoms with Crippen molar-refractivity contribution in [1.82, 2.24) is 5.32 Å². The lowest BCUT2D eigenvalue weighted by atomic mass is 9.94. The summed E-state index contributed by atoms with van der Waals surface area (Å²) in [6.45, 7) is 8.26. The van der Waals surface area contributed by atoms with E-state index in [0.717, 1.165) is 25.1 Å². The minimum Gasteiger partial charge on any atom is -0.373 e. The van der Waals surface area contributed by atoms with Crippen LogP contribution >= 0.6 is 23.2 Å². The van der Waals surface area contributed by atoms with Gasteiger partial charge in [-0.25, -0.2) is 0 Å². The van der Waals surface area contributed by atoms with Gasteiger partial charge in [-0.1, -0.05) is 23.2 Å². The molecule has 0 bridgehead atoms. The van der Waals surface area contributed by atoms with Crippen LogP contribution < -0.4 is 5.32 Å². The first-order valence-electron chi connectivity index (χ1n) is 6.68. The van der Waals surface area contributed by atoms with Crippen molar-refractivity contribution < 1.29 is 4.74 Å². The lowest BCUT2D eigenvalue weighted by molar-refractivity contribution is 0.0889. The fourth-order valence-electron chi connectivity index (χ4n) is 2.39. The van der Waals surface area contributed by atoms with E-state index in [9.17, 15) is 0 Å². The summed E-state index contributed by atoms with van der Waals surface area (Å²) in [6, 6.07) is 5.66. The third-order valence-corrected chi connectivity index (χ3v) is 3.76. The molecule has 2 rings (SSSR count). The fraction of sp³-hybridized carbons (Fsp3) is 0.600. The molecule has 1 N–H and O–H groups in total. The maximum Gasteiger partial charge on any atom is 0.0867 e. The van der Waals surface area contributed by atoms with Crippen LogP contribution in [0.3, 0.4) is 0 Å². The molecule has 1 saturated heterocycles. The lowest BCUT2D eigenvalue weighted by Gasteiger charge is -2.26. The molecule has 0 radical (unpaired) electrons. The van der Waals surface area contributed by atoms with Crippen molar-refractivity contribution in [1.29, 1.82) is 0 Å². The topological polar surface area (TPSA) is 21.3 Å². The van der Waals surface area contributed by atoms with Gasteiger partial charge in [-0.15, -0.1) is 0 Å². The Morgan fingerprint density at radius 3 is 2.42 bits per heavy atom. The molecule has 0 aromatic heterocycles. The second-order valence-corrected chi connectivity index (χ2v) is 7.05. The molecule has 4 heteroatoms. The van der Waals surface area contributed by atoms with Gasteiger partial charge in [0.05, 0.1) is 6.10 Å². The molecule has 106 valence electrons. The number of rotatable bonds is 3. The highest BCUT2D eigenvalue weighted by Gasteiger charge is 2.30. The van der Waals surface area contributed by atoms with Crippen LogP contribution in [0.4, 0.5) is 0 Å². The quantitative estimate of drug-likeness (QED) is 0.890. The third kappa shape index (κ3) is 4.35. The Hall–Kier alpha value is -0.280. The molecule has 2 atom stereocenters. The van der Waals surface area contributed by atoms with Gasteiger partial charge in [-0.3, -0.25) is 0 Å². The summed E-state index contributed by atoms with van der Waals surface area (Å²) in [6.07, 6.45) is 1.16. The number of halogens is 2. The normalized spacial score (nSPS) is 23.8. The molecule has 1 aromatic carbocycles. The first kappa shape index (κ1) is 15.1. The first-order valence-corrected chi connectivity index (χ1v) is 7.43. The lowest BCUT2D eigenvalue weighted by Crippen LogP contribution is -2.39. The van der Waals surface area contributed by atoms with Crippen LogP contribution in [0, 0.1) is 5.92 Å². The summed E-state index contributed by atoms with van der Waals surface area (Å²) in [5.74, 6) is 0.466. The van der Waals surface area contributed by atoms with E-state index in [1.807, 2.05) is 12.1 Å². The van der Waals surface area contributed by atoms with E-state index < -0.39 is 0 Å². The average molecular weight is 302 g/mol. The highest BCUT2D eigenvalue weighted by Crippen LogP contribution is 2.36. The highest BCUT2D eigenvalue weighted by molar-refractivity contribution is 6.34. The monoisotopic (exact) mass is 301 g/mol. The van der Waals surface area contributed by atoms with Crippen LogP contribution in [0.15, 0.2) is 18.2 Å². The van der Waals surface area contributed by atoms with Gasteiger partial charge in [0.25, 0.3) is 0 Å². The minimum atomic E-state index is 0.0889. The summed E-state index contributed by atoms with van der Waals surface area (Å²) in [5, 5.41) is 4.88. The number of hydrogen-bond acceptors (Lipinski definition) is 2. The second-order valence-electron chi connectivity index (χ2n) is 6.17.